The first-order chi connectivity index (χ1) is 10.3. The molecule has 3 rings (SSSR count). The molecule has 1 saturated carbocycles. The highest BCUT2D eigenvalue weighted by Crippen LogP contribution is 2.30. The summed E-state index contributed by atoms with van der Waals surface area (Å²) in [6.07, 6.45) is 2.83. The van der Waals surface area contributed by atoms with Crippen LogP contribution in [0.25, 0.3) is 0 Å². The number of hydrogen-bond acceptors (Lipinski definition) is 3. The molecular weight excluding hydrogens is 265 g/mol. The van der Waals surface area contributed by atoms with Gasteiger partial charge in [-0.15, -0.1) is 0 Å². The van der Waals surface area contributed by atoms with Crippen molar-refractivity contribution >= 4 is 5.69 Å². The van der Waals surface area contributed by atoms with Gasteiger partial charge < -0.3 is 10.2 Å². The van der Waals surface area contributed by atoms with E-state index in [1.807, 2.05) is 6.07 Å². The minimum atomic E-state index is -0.0890. The highest BCUT2D eigenvalue weighted by molar-refractivity contribution is 5.54. The number of halogens is 1. The molecular formula is C17H26FN3. The molecule has 0 aromatic heterocycles. The van der Waals surface area contributed by atoms with Gasteiger partial charge in [0.1, 0.15) is 5.82 Å². The standard InChI is InChI=1S/C17H26FN3/c1-2-19-12-15-16(18)4-3-5-17(15)21-10-8-20(9-11-21)13-14-6-7-14/h3-5,14,19H,2,6-13H2,1H3. The van der Waals surface area contributed by atoms with Crippen molar-refractivity contribution in [2.75, 3.05) is 44.2 Å². The lowest BCUT2D eigenvalue weighted by atomic mass is 10.1. The Hall–Kier alpha value is -1.13. The Bertz CT molecular complexity index is 465. The van der Waals surface area contributed by atoms with E-state index in [-0.39, 0.29) is 5.82 Å². The number of piperazine rings is 1. The maximum atomic E-state index is 14.1. The van der Waals surface area contributed by atoms with E-state index in [0.717, 1.165) is 49.9 Å². The van der Waals surface area contributed by atoms with Gasteiger partial charge in [0.15, 0.2) is 0 Å². The average Bonchev–Trinajstić information content (AvgIpc) is 3.31. The normalized spacial score (nSPS) is 20.0. The van der Waals surface area contributed by atoms with Gasteiger partial charge in [-0.1, -0.05) is 13.0 Å². The van der Waals surface area contributed by atoms with Gasteiger partial charge in [0.05, 0.1) is 0 Å². The molecule has 4 heteroatoms. The van der Waals surface area contributed by atoms with Crippen LogP contribution in [-0.4, -0.2) is 44.2 Å². The highest BCUT2D eigenvalue weighted by Gasteiger charge is 2.27. The number of nitrogens with one attached hydrogen (secondary N) is 1. The van der Waals surface area contributed by atoms with E-state index in [2.05, 4.69) is 28.1 Å². The zero-order valence-corrected chi connectivity index (χ0v) is 12.9. The first kappa shape index (κ1) is 14.8. The van der Waals surface area contributed by atoms with Gasteiger partial charge in [0.25, 0.3) is 0 Å². The summed E-state index contributed by atoms with van der Waals surface area (Å²) in [4.78, 5) is 4.91. The van der Waals surface area contributed by atoms with E-state index in [4.69, 9.17) is 0 Å². The summed E-state index contributed by atoms with van der Waals surface area (Å²) in [6, 6.07) is 5.46. The Morgan fingerprint density at radius 1 is 1.19 bits per heavy atom. The predicted molar refractivity (Wildman–Crippen MR) is 85.2 cm³/mol. The Morgan fingerprint density at radius 2 is 1.95 bits per heavy atom. The third kappa shape index (κ3) is 3.74. The second kappa shape index (κ2) is 6.75. The topological polar surface area (TPSA) is 18.5 Å². The Balaban J connectivity index is 1.64. The van der Waals surface area contributed by atoms with Crippen LogP contribution < -0.4 is 10.2 Å². The SMILES string of the molecule is CCNCc1c(F)cccc1N1CCN(CC2CC2)CC1. The van der Waals surface area contributed by atoms with Crippen molar-refractivity contribution < 1.29 is 4.39 Å². The molecule has 1 heterocycles. The van der Waals surface area contributed by atoms with Crippen LogP contribution in [0.15, 0.2) is 18.2 Å². The van der Waals surface area contributed by atoms with Crippen LogP contribution in [0.2, 0.25) is 0 Å². The van der Waals surface area contributed by atoms with E-state index >= 15 is 0 Å². The van der Waals surface area contributed by atoms with Crippen LogP contribution in [-0.2, 0) is 6.54 Å². The van der Waals surface area contributed by atoms with Crippen molar-refractivity contribution in [3.05, 3.63) is 29.6 Å². The van der Waals surface area contributed by atoms with Gasteiger partial charge in [-0.3, -0.25) is 4.90 Å². The molecule has 0 radical (unpaired) electrons. The molecule has 21 heavy (non-hydrogen) atoms. The average molecular weight is 291 g/mol. The fourth-order valence-corrected chi connectivity index (χ4v) is 3.11. The van der Waals surface area contributed by atoms with Crippen molar-refractivity contribution in [3.63, 3.8) is 0 Å². The highest BCUT2D eigenvalue weighted by atomic mass is 19.1. The second-order valence-electron chi connectivity index (χ2n) is 6.25. The van der Waals surface area contributed by atoms with Gasteiger partial charge in [0.2, 0.25) is 0 Å². The molecule has 0 atom stereocenters. The summed E-state index contributed by atoms with van der Waals surface area (Å²) in [5.41, 5.74) is 1.89. The number of hydrogen-bond donors (Lipinski definition) is 1. The van der Waals surface area contributed by atoms with Gasteiger partial charge in [-0.2, -0.15) is 0 Å². The van der Waals surface area contributed by atoms with Crippen LogP contribution in [0, 0.1) is 11.7 Å². The maximum absolute atomic E-state index is 14.1. The van der Waals surface area contributed by atoms with Crippen molar-refractivity contribution in [1.82, 2.24) is 10.2 Å². The maximum Gasteiger partial charge on any atom is 0.129 e. The number of benzene rings is 1. The fourth-order valence-electron chi connectivity index (χ4n) is 3.11. The van der Waals surface area contributed by atoms with E-state index in [1.165, 1.54) is 19.4 Å². The van der Waals surface area contributed by atoms with Crippen LogP contribution in [0.1, 0.15) is 25.3 Å². The summed E-state index contributed by atoms with van der Waals surface area (Å²) in [5, 5.41) is 3.25. The smallest absolute Gasteiger partial charge is 0.129 e. The Labute approximate surface area is 127 Å². The number of rotatable bonds is 6. The molecule has 0 spiro atoms. The van der Waals surface area contributed by atoms with Crippen LogP contribution in [0.4, 0.5) is 10.1 Å². The molecule has 1 N–H and O–H groups in total. The lowest BCUT2D eigenvalue weighted by Gasteiger charge is -2.37. The van der Waals surface area contributed by atoms with Crippen molar-refractivity contribution in [1.29, 1.82) is 0 Å². The first-order valence-corrected chi connectivity index (χ1v) is 8.23. The zero-order chi connectivity index (χ0) is 14.7. The van der Waals surface area contributed by atoms with Gasteiger partial charge in [-0.05, 0) is 37.4 Å². The minimum Gasteiger partial charge on any atom is -0.369 e. The fraction of sp³-hybridized carbons (Fsp3) is 0.647. The summed E-state index contributed by atoms with van der Waals surface area (Å²) < 4.78 is 14.1. The third-order valence-electron chi connectivity index (χ3n) is 4.57. The van der Waals surface area contributed by atoms with Crippen LogP contribution >= 0.6 is 0 Å². The molecule has 1 saturated heterocycles. The monoisotopic (exact) mass is 291 g/mol. The number of anilines is 1. The first-order valence-electron chi connectivity index (χ1n) is 8.23. The van der Waals surface area contributed by atoms with Crippen molar-refractivity contribution in [2.45, 2.75) is 26.3 Å². The molecule has 3 nitrogen and oxygen atoms in total. The Morgan fingerprint density at radius 3 is 2.62 bits per heavy atom. The lowest BCUT2D eigenvalue weighted by molar-refractivity contribution is 0.248. The molecule has 1 aromatic rings. The summed E-state index contributed by atoms with van der Waals surface area (Å²) >= 11 is 0. The van der Waals surface area contributed by atoms with E-state index in [1.54, 1.807) is 6.07 Å². The molecule has 2 fully saturated rings. The van der Waals surface area contributed by atoms with Crippen LogP contribution in [0.3, 0.4) is 0 Å². The molecule has 2 aliphatic rings. The third-order valence-corrected chi connectivity index (χ3v) is 4.57. The van der Waals surface area contributed by atoms with Gasteiger partial charge in [-0.25, -0.2) is 4.39 Å². The van der Waals surface area contributed by atoms with Crippen molar-refractivity contribution in [3.8, 4) is 0 Å². The minimum absolute atomic E-state index is 0.0890. The number of nitrogens with zero attached hydrogens (tertiary/aromatic N) is 2. The quantitative estimate of drug-likeness (QED) is 0.868. The van der Waals surface area contributed by atoms with E-state index in [0.29, 0.717) is 6.54 Å². The van der Waals surface area contributed by atoms with E-state index in [9.17, 15) is 4.39 Å². The largest absolute Gasteiger partial charge is 0.369 e. The molecule has 116 valence electrons. The summed E-state index contributed by atoms with van der Waals surface area (Å²) in [7, 11) is 0. The van der Waals surface area contributed by atoms with Gasteiger partial charge in [0, 0.05) is 50.5 Å². The zero-order valence-electron chi connectivity index (χ0n) is 12.9. The Kier molecular flexibility index (Phi) is 4.76. The molecule has 0 amide bonds. The molecule has 1 aliphatic carbocycles. The van der Waals surface area contributed by atoms with Crippen LogP contribution in [0.5, 0.6) is 0 Å². The molecule has 0 bridgehead atoms. The van der Waals surface area contributed by atoms with Crippen molar-refractivity contribution in [2.24, 2.45) is 5.92 Å². The summed E-state index contributed by atoms with van der Waals surface area (Å²) in [5.74, 6) is 0.865. The molecule has 0 unspecified atom stereocenters. The second-order valence-corrected chi connectivity index (χ2v) is 6.25. The lowest BCUT2D eigenvalue weighted by Crippen LogP contribution is -2.47. The molecule has 1 aliphatic heterocycles. The predicted octanol–water partition coefficient (Wildman–Crippen LogP) is 2.47. The van der Waals surface area contributed by atoms with E-state index < -0.39 is 0 Å². The molecule has 1 aromatic carbocycles. The summed E-state index contributed by atoms with van der Waals surface area (Å²) in [6.45, 7) is 9.02. The van der Waals surface area contributed by atoms with Gasteiger partial charge >= 0.3 is 0 Å².